The Morgan fingerprint density at radius 2 is 1.81 bits per heavy atom. The Morgan fingerprint density at radius 1 is 1.19 bits per heavy atom. The lowest BCUT2D eigenvalue weighted by Crippen LogP contribution is -2.46. The predicted molar refractivity (Wildman–Crippen MR) is 108 cm³/mol. The molecule has 26 heavy (non-hydrogen) atoms. The number of aliphatic hydroxyl groups excluding tert-OH is 1. The zero-order valence-corrected chi connectivity index (χ0v) is 18.2. The third-order valence-corrected chi connectivity index (χ3v) is 9.74. The summed E-state index contributed by atoms with van der Waals surface area (Å²) in [7, 11) is -1.92. The summed E-state index contributed by atoms with van der Waals surface area (Å²) in [5, 5.41) is 10.8. The summed E-state index contributed by atoms with van der Waals surface area (Å²) in [5.74, 6) is -0.728. The first kappa shape index (κ1) is 21.3. The van der Waals surface area contributed by atoms with E-state index in [0.717, 1.165) is 5.56 Å². The molecule has 0 aromatic heterocycles. The minimum Gasteiger partial charge on any atom is -0.414 e. The van der Waals surface area contributed by atoms with Gasteiger partial charge in [-0.3, -0.25) is 0 Å². The van der Waals surface area contributed by atoms with Crippen molar-refractivity contribution in [2.75, 3.05) is 6.61 Å². The van der Waals surface area contributed by atoms with E-state index in [1.54, 1.807) is 0 Å². The van der Waals surface area contributed by atoms with E-state index < -0.39 is 26.3 Å². The van der Waals surface area contributed by atoms with E-state index in [1.807, 2.05) is 56.3 Å². The van der Waals surface area contributed by atoms with Gasteiger partial charge in [-0.05, 0) is 37.5 Å². The smallest absolute Gasteiger partial charge is 0.192 e. The molecular weight excluding hydrogens is 344 g/mol. The molecule has 1 aliphatic rings. The molecule has 0 unspecified atom stereocenters. The van der Waals surface area contributed by atoms with Crippen LogP contribution >= 0.6 is 0 Å². The highest BCUT2D eigenvalue weighted by Crippen LogP contribution is 2.37. The van der Waals surface area contributed by atoms with E-state index in [0.29, 0.717) is 0 Å². The molecule has 5 heteroatoms. The van der Waals surface area contributed by atoms with Crippen LogP contribution in [0.1, 0.15) is 40.2 Å². The minimum absolute atomic E-state index is 0.103. The van der Waals surface area contributed by atoms with Crippen LogP contribution in [0.2, 0.25) is 18.1 Å². The Labute approximate surface area is 159 Å². The Balaban J connectivity index is 2.05. The molecule has 1 aliphatic heterocycles. The zero-order valence-electron chi connectivity index (χ0n) is 17.2. The molecule has 1 aromatic carbocycles. The summed E-state index contributed by atoms with van der Waals surface area (Å²) in [5.41, 5.74) is 1.09. The molecule has 1 heterocycles. The number of hydrogen-bond donors (Lipinski definition) is 1. The van der Waals surface area contributed by atoms with Crippen molar-refractivity contribution in [2.45, 2.75) is 76.8 Å². The molecule has 0 bridgehead atoms. The highest BCUT2D eigenvalue weighted by Gasteiger charge is 2.45. The van der Waals surface area contributed by atoms with Crippen molar-refractivity contribution in [3.8, 4) is 0 Å². The molecule has 1 aromatic rings. The quantitative estimate of drug-likeness (QED) is 0.735. The molecule has 0 radical (unpaired) electrons. The SMILES string of the molecule is CC1(C)O[C@H]([C@H](O)CO[Si](C)(C)C(C)(C)C)[C@@H](/C=C/c2ccccc2)O1. The van der Waals surface area contributed by atoms with Gasteiger partial charge in [0.05, 0.1) is 6.61 Å². The molecule has 146 valence electrons. The van der Waals surface area contributed by atoms with Gasteiger partial charge >= 0.3 is 0 Å². The molecule has 3 atom stereocenters. The Bertz CT molecular complexity index is 604. The van der Waals surface area contributed by atoms with Gasteiger partial charge in [-0.25, -0.2) is 0 Å². The second-order valence-corrected chi connectivity index (χ2v) is 13.8. The molecule has 4 nitrogen and oxygen atoms in total. The van der Waals surface area contributed by atoms with E-state index in [-0.39, 0.29) is 17.7 Å². The third-order valence-electron chi connectivity index (χ3n) is 5.24. The molecule has 1 N–H and O–H groups in total. The molecule has 1 saturated heterocycles. The van der Waals surface area contributed by atoms with E-state index in [4.69, 9.17) is 13.9 Å². The maximum atomic E-state index is 10.7. The van der Waals surface area contributed by atoms with Gasteiger partial charge in [0, 0.05) is 0 Å². The molecule has 0 aliphatic carbocycles. The van der Waals surface area contributed by atoms with Crippen LogP contribution in [0.25, 0.3) is 6.08 Å². The average Bonchev–Trinajstić information content (AvgIpc) is 2.85. The first-order chi connectivity index (χ1) is 11.9. The summed E-state index contributed by atoms with van der Waals surface area (Å²) in [6.45, 7) is 14.9. The lowest BCUT2D eigenvalue weighted by atomic mass is 10.1. The first-order valence-electron chi connectivity index (χ1n) is 9.32. The number of hydrogen-bond acceptors (Lipinski definition) is 4. The summed E-state index contributed by atoms with van der Waals surface area (Å²) in [4.78, 5) is 0. The Hall–Kier alpha value is -0.983. The van der Waals surface area contributed by atoms with Gasteiger partial charge in [-0.15, -0.1) is 0 Å². The van der Waals surface area contributed by atoms with Crippen LogP contribution < -0.4 is 0 Å². The van der Waals surface area contributed by atoms with Gasteiger partial charge in [0.2, 0.25) is 0 Å². The van der Waals surface area contributed by atoms with E-state index >= 15 is 0 Å². The lowest BCUT2D eigenvalue weighted by molar-refractivity contribution is -0.155. The van der Waals surface area contributed by atoms with Crippen LogP contribution in [-0.4, -0.2) is 44.1 Å². The Morgan fingerprint density at radius 3 is 2.38 bits per heavy atom. The second kappa shape index (κ2) is 7.95. The molecule has 0 spiro atoms. The van der Waals surface area contributed by atoms with Crippen LogP contribution in [0.4, 0.5) is 0 Å². The standard InChI is InChI=1S/C21H34O4Si/c1-20(2,3)26(6,7)23-15-17(22)19-18(24-21(4,5)25-19)14-13-16-11-9-8-10-12-16/h8-14,17-19,22H,15H2,1-7H3/b14-13+/t17-,18-,19-/m1/s1. The molecule has 1 fully saturated rings. The first-order valence-corrected chi connectivity index (χ1v) is 12.2. The fourth-order valence-corrected chi connectivity index (χ4v) is 3.66. The Kier molecular flexibility index (Phi) is 6.51. The van der Waals surface area contributed by atoms with Gasteiger partial charge < -0.3 is 19.0 Å². The average molecular weight is 379 g/mol. The summed E-state index contributed by atoms with van der Waals surface area (Å²) in [6.07, 6.45) is 2.46. The van der Waals surface area contributed by atoms with Crippen LogP contribution in [0.15, 0.2) is 36.4 Å². The molecule has 2 rings (SSSR count). The van der Waals surface area contributed by atoms with Crippen LogP contribution in [0.3, 0.4) is 0 Å². The third kappa shape index (κ3) is 5.51. The highest BCUT2D eigenvalue weighted by molar-refractivity contribution is 6.74. The van der Waals surface area contributed by atoms with E-state index in [2.05, 4.69) is 33.9 Å². The van der Waals surface area contributed by atoms with Gasteiger partial charge in [0.15, 0.2) is 14.1 Å². The van der Waals surface area contributed by atoms with E-state index in [1.165, 1.54) is 0 Å². The van der Waals surface area contributed by atoms with Crippen molar-refractivity contribution >= 4 is 14.4 Å². The number of benzene rings is 1. The number of ether oxygens (including phenoxy) is 2. The van der Waals surface area contributed by atoms with Crippen molar-refractivity contribution in [1.82, 2.24) is 0 Å². The van der Waals surface area contributed by atoms with Gasteiger partial charge in [-0.1, -0.05) is 63.3 Å². The zero-order chi connectivity index (χ0) is 19.6. The van der Waals surface area contributed by atoms with Gasteiger partial charge in [0.25, 0.3) is 0 Å². The maximum Gasteiger partial charge on any atom is 0.192 e. The number of rotatable bonds is 6. The normalized spacial score (nSPS) is 24.9. The highest BCUT2D eigenvalue weighted by atomic mass is 28.4. The van der Waals surface area contributed by atoms with Crippen LogP contribution in [-0.2, 0) is 13.9 Å². The largest absolute Gasteiger partial charge is 0.414 e. The maximum absolute atomic E-state index is 10.7. The van der Waals surface area contributed by atoms with Crippen molar-refractivity contribution in [3.63, 3.8) is 0 Å². The van der Waals surface area contributed by atoms with Crippen LogP contribution in [0, 0.1) is 0 Å². The minimum atomic E-state index is -1.92. The van der Waals surface area contributed by atoms with Crippen molar-refractivity contribution < 1.29 is 19.0 Å². The van der Waals surface area contributed by atoms with Crippen molar-refractivity contribution in [1.29, 1.82) is 0 Å². The monoisotopic (exact) mass is 378 g/mol. The topological polar surface area (TPSA) is 47.9 Å². The second-order valence-electron chi connectivity index (χ2n) is 8.97. The fourth-order valence-electron chi connectivity index (χ4n) is 2.64. The van der Waals surface area contributed by atoms with Gasteiger partial charge in [0.1, 0.15) is 18.3 Å². The van der Waals surface area contributed by atoms with Crippen LogP contribution in [0.5, 0.6) is 0 Å². The lowest BCUT2D eigenvalue weighted by Gasteiger charge is -2.37. The summed E-state index contributed by atoms with van der Waals surface area (Å²) >= 11 is 0. The number of aliphatic hydroxyl groups is 1. The van der Waals surface area contributed by atoms with Gasteiger partial charge in [-0.2, -0.15) is 0 Å². The summed E-state index contributed by atoms with van der Waals surface area (Å²) < 4.78 is 18.1. The molecule has 0 amide bonds. The summed E-state index contributed by atoms with van der Waals surface area (Å²) in [6, 6.07) is 10.0. The fraction of sp³-hybridized carbons (Fsp3) is 0.619. The predicted octanol–water partition coefficient (Wildman–Crippen LogP) is 4.60. The van der Waals surface area contributed by atoms with Crippen molar-refractivity contribution in [2.24, 2.45) is 0 Å². The molecular formula is C21H34O4Si. The van der Waals surface area contributed by atoms with Crippen molar-refractivity contribution in [3.05, 3.63) is 42.0 Å². The molecule has 0 saturated carbocycles. The van der Waals surface area contributed by atoms with E-state index in [9.17, 15) is 5.11 Å².